The van der Waals surface area contributed by atoms with Gasteiger partial charge in [0.25, 0.3) is 0 Å². The Hall–Kier alpha value is -0.452. The van der Waals surface area contributed by atoms with Gasteiger partial charge in [-0.05, 0) is 19.3 Å². The van der Waals surface area contributed by atoms with Crippen LogP contribution in [0.2, 0.25) is 0 Å². The largest absolute Gasteiger partial charge is 0.693 e. The van der Waals surface area contributed by atoms with E-state index in [2.05, 4.69) is 10.7 Å². The molecule has 5 N–H and O–H groups in total. The van der Waals surface area contributed by atoms with E-state index in [9.17, 15) is 9.59 Å². The third kappa shape index (κ3) is 2.27. The van der Waals surface area contributed by atoms with Crippen molar-refractivity contribution < 1.29 is 40.6 Å². The molecule has 1 saturated carbocycles. The molecule has 0 bridgehead atoms. The summed E-state index contributed by atoms with van der Waals surface area (Å²) in [5.74, 6) is 2.62. The van der Waals surface area contributed by atoms with Crippen LogP contribution >= 0.6 is 0 Å². The minimum absolute atomic E-state index is 0. The number of nitrogens with two attached hydrogens (primary N) is 2. The van der Waals surface area contributed by atoms with Gasteiger partial charge in [0.05, 0.1) is 0 Å². The molecule has 1 aliphatic carbocycles. The smallest absolute Gasteiger partial charge is 0.341 e. The average molecular weight is 370 g/mol. The van der Waals surface area contributed by atoms with E-state index in [1.165, 1.54) is 0 Å². The molecule has 1 rings (SSSR count). The summed E-state index contributed by atoms with van der Waals surface area (Å²) in [6.45, 7) is 0. The second kappa shape index (κ2) is 5.32. The van der Waals surface area contributed by atoms with E-state index in [1.807, 2.05) is 0 Å². The van der Waals surface area contributed by atoms with Gasteiger partial charge in [0.2, 0.25) is 0 Å². The van der Waals surface area contributed by atoms with Gasteiger partial charge in [-0.2, -0.15) is 5.90 Å². The number of carbonyl (C=O) groups excluding carboxylic acids is 1. The van der Waals surface area contributed by atoms with Crippen LogP contribution in [0.1, 0.15) is 19.3 Å². The standard InChI is InChI=1S/C6H9NO4.H2N.Pt/c7-11-5(10)6(4(8)9)2-1-3-6;;/h1-3,7H2,(H,8,9);1H2;/q;-1;. The molecule has 0 atom stereocenters. The van der Waals surface area contributed by atoms with Crippen molar-refractivity contribution in [3.05, 3.63) is 6.15 Å². The van der Waals surface area contributed by atoms with Gasteiger partial charge >= 0.3 is 11.9 Å². The number of aliphatic carboxylic acids is 1. The molecule has 0 unspecified atom stereocenters. The Kier molecular flexibility index (Phi) is 6.15. The Morgan fingerprint density at radius 1 is 1.38 bits per heavy atom. The monoisotopic (exact) mass is 370 g/mol. The fraction of sp³-hybridized carbons (Fsp3) is 0.667. The van der Waals surface area contributed by atoms with Crippen LogP contribution in [0.5, 0.6) is 0 Å². The number of carbonyl (C=O) groups is 2. The van der Waals surface area contributed by atoms with Crippen LogP contribution in [0.4, 0.5) is 0 Å². The predicted octanol–water partition coefficient (Wildman–Crippen LogP) is 0.373. The SMILES string of the molecule is NOC(=O)C1(C(=O)O)CCC1.[NH2-].[Pt]. The number of hydrogen-bond donors (Lipinski definition) is 2. The third-order valence-electron chi connectivity index (χ3n) is 2.11. The van der Waals surface area contributed by atoms with E-state index >= 15 is 0 Å². The molecule has 0 aromatic heterocycles. The summed E-state index contributed by atoms with van der Waals surface area (Å²) >= 11 is 0. The van der Waals surface area contributed by atoms with Crippen LogP contribution in [0.3, 0.4) is 0 Å². The van der Waals surface area contributed by atoms with Gasteiger partial charge in [-0.3, -0.25) is 4.79 Å². The maximum absolute atomic E-state index is 10.8. The van der Waals surface area contributed by atoms with Gasteiger partial charge in [0.15, 0.2) is 5.41 Å². The van der Waals surface area contributed by atoms with Crippen LogP contribution in [0.15, 0.2) is 0 Å². The van der Waals surface area contributed by atoms with Crippen LogP contribution in [-0.4, -0.2) is 17.0 Å². The van der Waals surface area contributed by atoms with Crippen molar-refractivity contribution in [1.82, 2.24) is 0 Å². The quantitative estimate of drug-likeness (QED) is 0.537. The summed E-state index contributed by atoms with van der Waals surface area (Å²) in [5.41, 5.74) is -1.34. The van der Waals surface area contributed by atoms with E-state index in [-0.39, 0.29) is 27.2 Å². The normalized spacial score (nSPS) is 17.0. The molecular formula is C6H11N2O4Pt-. The molecule has 1 fully saturated rings. The summed E-state index contributed by atoms with van der Waals surface area (Å²) in [5, 5.41) is 8.63. The second-order valence-electron chi connectivity index (χ2n) is 2.65. The van der Waals surface area contributed by atoms with Crippen molar-refractivity contribution in [3.63, 3.8) is 0 Å². The first-order valence-corrected chi connectivity index (χ1v) is 3.28. The molecule has 0 aliphatic heterocycles. The summed E-state index contributed by atoms with van der Waals surface area (Å²) in [7, 11) is 0. The van der Waals surface area contributed by atoms with Gasteiger partial charge in [-0.25, -0.2) is 4.79 Å². The average Bonchev–Trinajstić information content (AvgIpc) is 1.84. The number of carboxylic acids is 1. The van der Waals surface area contributed by atoms with E-state index in [1.54, 1.807) is 0 Å². The van der Waals surface area contributed by atoms with Crippen LogP contribution in [0, 0.1) is 5.41 Å². The molecule has 7 heteroatoms. The Bertz CT molecular complexity index is 205. The van der Waals surface area contributed by atoms with Crippen molar-refractivity contribution in [2.45, 2.75) is 19.3 Å². The summed E-state index contributed by atoms with van der Waals surface area (Å²) in [6.07, 6.45) is 1.40. The molecule has 0 heterocycles. The first-order chi connectivity index (χ1) is 5.13. The maximum atomic E-state index is 10.8. The molecule has 6 nitrogen and oxygen atoms in total. The third-order valence-corrected chi connectivity index (χ3v) is 2.11. The van der Waals surface area contributed by atoms with E-state index < -0.39 is 17.4 Å². The fourth-order valence-corrected chi connectivity index (χ4v) is 1.15. The Labute approximate surface area is 89.6 Å². The molecule has 0 radical (unpaired) electrons. The number of rotatable bonds is 2. The molecule has 0 aromatic rings. The Balaban J connectivity index is 0. The number of hydrogen-bond acceptors (Lipinski definition) is 4. The molecule has 0 saturated heterocycles. The van der Waals surface area contributed by atoms with Crippen molar-refractivity contribution in [3.8, 4) is 0 Å². The zero-order valence-electron chi connectivity index (χ0n) is 6.76. The van der Waals surface area contributed by atoms with Crippen LogP contribution < -0.4 is 5.90 Å². The Morgan fingerprint density at radius 2 is 1.85 bits per heavy atom. The topological polar surface area (TPSA) is 123 Å². The van der Waals surface area contributed by atoms with Crippen molar-refractivity contribution in [2.75, 3.05) is 0 Å². The van der Waals surface area contributed by atoms with Gasteiger partial charge < -0.3 is 16.1 Å². The summed E-state index contributed by atoms with van der Waals surface area (Å²) in [4.78, 5) is 25.3. The van der Waals surface area contributed by atoms with Crippen molar-refractivity contribution in [2.24, 2.45) is 11.3 Å². The summed E-state index contributed by atoms with van der Waals surface area (Å²) in [6, 6.07) is 0. The minimum Gasteiger partial charge on any atom is -0.693 e. The molecular weight excluding hydrogens is 359 g/mol. The van der Waals surface area contributed by atoms with Gasteiger partial charge in [-0.1, -0.05) is 0 Å². The first-order valence-electron chi connectivity index (χ1n) is 3.28. The maximum Gasteiger partial charge on any atom is 0.341 e. The van der Waals surface area contributed by atoms with E-state index in [4.69, 9.17) is 5.11 Å². The van der Waals surface area contributed by atoms with Crippen molar-refractivity contribution >= 4 is 11.9 Å². The molecule has 0 spiro atoms. The molecule has 0 amide bonds. The van der Waals surface area contributed by atoms with Crippen LogP contribution in [-0.2, 0) is 35.5 Å². The van der Waals surface area contributed by atoms with E-state index in [0.29, 0.717) is 12.8 Å². The fourth-order valence-electron chi connectivity index (χ4n) is 1.15. The van der Waals surface area contributed by atoms with Crippen LogP contribution in [0.25, 0.3) is 6.15 Å². The molecule has 80 valence electrons. The first kappa shape index (κ1) is 15.0. The number of carboxylic acid groups (broad SMARTS) is 1. The zero-order chi connectivity index (χ0) is 8.48. The summed E-state index contributed by atoms with van der Waals surface area (Å²) < 4.78 is 0. The molecule has 0 aromatic carbocycles. The van der Waals surface area contributed by atoms with E-state index in [0.717, 1.165) is 6.42 Å². The molecule has 1 aliphatic rings. The zero-order valence-corrected chi connectivity index (χ0v) is 9.04. The Morgan fingerprint density at radius 3 is 1.92 bits per heavy atom. The van der Waals surface area contributed by atoms with Gasteiger partial charge in [0, 0.05) is 21.1 Å². The van der Waals surface area contributed by atoms with Gasteiger partial charge in [-0.15, -0.1) is 0 Å². The minimum atomic E-state index is -1.34. The predicted molar refractivity (Wildman–Crippen MR) is 39.5 cm³/mol. The van der Waals surface area contributed by atoms with Crippen molar-refractivity contribution in [1.29, 1.82) is 0 Å². The molecule has 13 heavy (non-hydrogen) atoms. The van der Waals surface area contributed by atoms with Gasteiger partial charge in [0.1, 0.15) is 0 Å². The second-order valence-corrected chi connectivity index (χ2v) is 2.65.